The van der Waals surface area contributed by atoms with Crippen molar-refractivity contribution in [2.45, 2.75) is 69.5 Å². The predicted molar refractivity (Wildman–Crippen MR) is 237 cm³/mol. The van der Waals surface area contributed by atoms with Gasteiger partial charge in [-0.05, 0) is 80.0 Å². The molecule has 5 aromatic rings. The van der Waals surface area contributed by atoms with Gasteiger partial charge in [0.2, 0.25) is 23.6 Å². The first-order valence-electron chi connectivity index (χ1n) is 22.2. The van der Waals surface area contributed by atoms with E-state index < -0.39 is 29.7 Å². The largest absolute Gasteiger partial charge is 0.371 e. The summed E-state index contributed by atoms with van der Waals surface area (Å²) >= 11 is 0. The SMILES string of the molecule is O=C1CCC(N2C(=O)c3cccc(N4CCC(CC(=O)N5CCN(c6ccc(Nc7ncnc8c7ncn8C7CC(NC(=O)Cc8ccccc8)C7)cc6)CC5)CC4)c3C2=O)C(=O)N1. The van der Waals surface area contributed by atoms with Gasteiger partial charge in [0.1, 0.15) is 12.4 Å². The van der Waals surface area contributed by atoms with Gasteiger partial charge in [-0.2, -0.15) is 0 Å². The van der Waals surface area contributed by atoms with E-state index in [0.717, 1.165) is 66.3 Å². The standard InChI is InChI=1S/C47H49N11O6/c59-38-14-13-37(45(62)53-38)58-46(63)35-7-4-8-36(41(35)47(58)64)55-17-15-30(16-18-55)24-40(61)56-21-19-54(20-22-56)33-11-9-31(10-12-33)52-43-42-44(49-27-48-43)57(28-50-42)34-25-32(26-34)51-39(60)23-29-5-2-1-3-6-29/h1-12,27-28,30,32,34,37H,13-26H2,(H,51,60)(H,48,49,52)(H,53,59,62). The number of benzene rings is 3. The predicted octanol–water partition coefficient (Wildman–Crippen LogP) is 3.99. The number of carbonyl (C=O) groups is 6. The maximum absolute atomic E-state index is 13.6. The van der Waals surface area contributed by atoms with Crippen LogP contribution in [0.3, 0.4) is 0 Å². The van der Waals surface area contributed by atoms with E-state index in [-0.39, 0.29) is 48.2 Å². The number of piperazine rings is 1. The van der Waals surface area contributed by atoms with E-state index in [9.17, 15) is 28.8 Å². The van der Waals surface area contributed by atoms with Crippen molar-refractivity contribution in [1.82, 2.24) is 40.0 Å². The molecule has 4 fully saturated rings. The smallest absolute Gasteiger partial charge is 0.264 e. The summed E-state index contributed by atoms with van der Waals surface area (Å²) in [7, 11) is 0. The van der Waals surface area contributed by atoms with Crippen LogP contribution in [-0.2, 0) is 25.6 Å². The molecule has 1 atom stereocenters. The van der Waals surface area contributed by atoms with Crippen LogP contribution in [0.25, 0.3) is 11.2 Å². The van der Waals surface area contributed by atoms with Gasteiger partial charge in [-0.25, -0.2) is 15.0 Å². The van der Waals surface area contributed by atoms with Gasteiger partial charge in [0.25, 0.3) is 11.8 Å². The number of anilines is 4. The molecule has 10 rings (SSSR count). The van der Waals surface area contributed by atoms with E-state index in [1.807, 2.05) is 53.4 Å². The Bertz CT molecular complexity index is 2630. The van der Waals surface area contributed by atoms with Gasteiger partial charge in [-0.1, -0.05) is 36.4 Å². The minimum absolute atomic E-state index is 0.0312. The summed E-state index contributed by atoms with van der Waals surface area (Å²) in [6.07, 6.45) is 7.54. The molecule has 328 valence electrons. The van der Waals surface area contributed by atoms with Crippen LogP contribution in [0.5, 0.6) is 0 Å². The van der Waals surface area contributed by atoms with E-state index in [0.29, 0.717) is 61.6 Å². The van der Waals surface area contributed by atoms with E-state index in [1.165, 1.54) is 0 Å². The second-order valence-corrected chi connectivity index (χ2v) is 17.4. The second kappa shape index (κ2) is 17.2. The summed E-state index contributed by atoms with van der Waals surface area (Å²) in [6, 6.07) is 22.4. The average molecular weight is 864 g/mol. The van der Waals surface area contributed by atoms with Crippen LogP contribution in [0.4, 0.5) is 22.9 Å². The normalized spacial score (nSPS) is 21.5. The monoisotopic (exact) mass is 863 g/mol. The van der Waals surface area contributed by atoms with Crippen molar-refractivity contribution in [3.63, 3.8) is 0 Å². The van der Waals surface area contributed by atoms with Crippen LogP contribution >= 0.6 is 0 Å². The molecule has 4 aliphatic heterocycles. The van der Waals surface area contributed by atoms with Gasteiger partial charge >= 0.3 is 0 Å². The molecule has 2 aromatic heterocycles. The average Bonchev–Trinajstić information content (AvgIpc) is 3.84. The second-order valence-electron chi connectivity index (χ2n) is 17.4. The molecule has 1 saturated carbocycles. The zero-order valence-corrected chi connectivity index (χ0v) is 35.3. The number of aromatic nitrogens is 4. The number of hydrogen-bond donors (Lipinski definition) is 3. The van der Waals surface area contributed by atoms with Crippen LogP contribution in [-0.4, -0.2) is 116 Å². The zero-order valence-electron chi connectivity index (χ0n) is 35.3. The quantitative estimate of drug-likeness (QED) is 0.162. The molecule has 5 aliphatic rings. The van der Waals surface area contributed by atoms with Gasteiger partial charge in [0, 0.05) is 75.6 Å². The molecule has 17 nitrogen and oxygen atoms in total. The number of nitrogens with one attached hydrogen (secondary N) is 3. The fourth-order valence-corrected chi connectivity index (χ4v) is 9.82. The first-order chi connectivity index (χ1) is 31.2. The van der Waals surface area contributed by atoms with Gasteiger partial charge in [0.05, 0.1) is 29.6 Å². The summed E-state index contributed by atoms with van der Waals surface area (Å²) in [5.41, 5.74) is 5.61. The number of imide groups is 2. The summed E-state index contributed by atoms with van der Waals surface area (Å²) in [5, 5.41) is 8.82. The van der Waals surface area contributed by atoms with Crippen LogP contribution in [0.15, 0.2) is 85.5 Å². The lowest BCUT2D eigenvalue weighted by atomic mass is 9.86. The van der Waals surface area contributed by atoms with Crippen molar-refractivity contribution < 1.29 is 28.8 Å². The lowest BCUT2D eigenvalue weighted by Crippen LogP contribution is -2.54. The summed E-state index contributed by atoms with van der Waals surface area (Å²) in [4.78, 5) is 98.4. The number of carbonyl (C=O) groups excluding carboxylic acids is 6. The molecule has 1 aliphatic carbocycles. The molecule has 3 aromatic carbocycles. The molecule has 0 radical (unpaired) electrons. The number of amides is 6. The van der Waals surface area contributed by atoms with Crippen molar-refractivity contribution in [2.75, 3.05) is 54.4 Å². The number of hydrogen-bond acceptors (Lipinski definition) is 12. The molecule has 6 heterocycles. The van der Waals surface area contributed by atoms with E-state index in [1.54, 1.807) is 24.8 Å². The molecule has 64 heavy (non-hydrogen) atoms. The molecule has 3 N–H and O–H groups in total. The highest BCUT2D eigenvalue weighted by Crippen LogP contribution is 2.38. The van der Waals surface area contributed by atoms with Crippen molar-refractivity contribution in [1.29, 1.82) is 0 Å². The van der Waals surface area contributed by atoms with Crippen molar-refractivity contribution in [2.24, 2.45) is 5.92 Å². The third-order valence-electron chi connectivity index (χ3n) is 13.4. The van der Waals surface area contributed by atoms with E-state index in [4.69, 9.17) is 0 Å². The van der Waals surface area contributed by atoms with Crippen LogP contribution in [0, 0.1) is 5.92 Å². The molecule has 3 saturated heterocycles. The Hall–Kier alpha value is -7.17. The van der Waals surface area contributed by atoms with Gasteiger partial charge in [-0.15, -0.1) is 0 Å². The Balaban J connectivity index is 0.681. The molecular formula is C47H49N11O6. The topological polar surface area (TPSA) is 195 Å². The Morgan fingerprint density at radius 3 is 2.28 bits per heavy atom. The zero-order chi connectivity index (χ0) is 43.9. The maximum Gasteiger partial charge on any atom is 0.264 e. The summed E-state index contributed by atoms with van der Waals surface area (Å²) in [5.74, 6) is -1.05. The number of fused-ring (bicyclic) bond motifs is 2. The van der Waals surface area contributed by atoms with Crippen LogP contribution < -0.4 is 25.8 Å². The van der Waals surface area contributed by atoms with E-state index in [2.05, 4.69) is 57.4 Å². The molecule has 17 heteroatoms. The maximum atomic E-state index is 13.6. The number of piperidine rings is 2. The minimum Gasteiger partial charge on any atom is -0.371 e. The highest BCUT2D eigenvalue weighted by molar-refractivity contribution is 6.25. The van der Waals surface area contributed by atoms with Gasteiger partial charge in [-0.3, -0.25) is 39.0 Å². The van der Waals surface area contributed by atoms with Gasteiger partial charge in [0.15, 0.2) is 17.0 Å². The third kappa shape index (κ3) is 8.01. The van der Waals surface area contributed by atoms with Gasteiger partial charge < -0.3 is 29.9 Å². The van der Waals surface area contributed by atoms with Crippen molar-refractivity contribution in [3.05, 3.63) is 102 Å². The Morgan fingerprint density at radius 1 is 0.766 bits per heavy atom. The Morgan fingerprint density at radius 2 is 1.53 bits per heavy atom. The lowest BCUT2D eigenvalue weighted by Gasteiger charge is -2.38. The summed E-state index contributed by atoms with van der Waals surface area (Å²) < 4.78 is 2.08. The molecule has 1 unspecified atom stereocenters. The lowest BCUT2D eigenvalue weighted by molar-refractivity contribution is -0.136. The molecule has 0 spiro atoms. The van der Waals surface area contributed by atoms with E-state index >= 15 is 0 Å². The minimum atomic E-state index is -1.01. The highest BCUT2D eigenvalue weighted by Gasteiger charge is 2.46. The molecule has 6 amide bonds. The Kier molecular flexibility index (Phi) is 11.0. The number of nitrogens with zero attached hydrogens (tertiary/aromatic N) is 8. The van der Waals surface area contributed by atoms with Crippen molar-refractivity contribution in [3.8, 4) is 0 Å². The summed E-state index contributed by atoms with van der Waals surface area (Å²) in [6.45, 7) is 3.99. The Labute approximate surface area is 369 Å². The first-order valence-corrected chi connectivity index (χ1v) is 22.2. The highest BCUT2D eigenvalue weighted by atomic mass is 16.2. The molecule has 0 bridgehead atoms. The van der Waals surface area contributed by atoms with Crippen LogP contribution in [0.1, 0.15) is 77.3 Å². The van der Waals surface area contributed by atoms with Crippen molar-refractivity contribution >= 4 is 69.5 Å². The van der Waals surface area contributed by atoms with Crippen LogP contribution in [0.2, 0.25) is 0 Å². The fourth-order valence-electron chi connectivity index (χ4n) is 9.82. The number of imidazole rings is 1. The molecular weight excluding hydrogens is 815 g/mol. The number of rotatable bonds is 11. The first kappa shape index (κ1) is 40.9. The fraction of sp³-hybridized carbons (Fsp3) is 0.383. The third-order valence-corrected chi connectivity index (χ3v) is 13.4.